The standard InChI is InChI=1S/C18H25NO3/c1-19-11-10-18(9-5-4-6-17(18)19)14-7-8-15(21-3)16(12-14)22-13-20-2/h5,7-9,12,17H,4,6,10-11,13H2,1-3H3/t17?,18-/m0/s1. The van der Waals surface area contributed by atoms with Gasteiger partial charge >= 0.3 is 0 Å². The summed E-state index contributed by atoms with van der Waals surface area (Å²) in [4.78, 5) is 2.49. The van der Waals surface area contributed by atoms with E-state index in [4.69, 9.17) is 14.2 Å². The van der Waals surface area contributed by atoms with Gasteiger partial charge in [-0.1, -0.05) is 18.2 Å². The lowest BCUT2D eigenvalue weighted by molar-refractivity contribution is 0.0490. The van der Waals surface area contributed by atoms with Crippen LogP contribution in [0.3, 0.4) is 0 Å². The second-order valence-corrected chi connectivity index (χ2v) is 6.18. The molecule has 3 rings (SSSR count). The summed E-state index contributed by atoms with van der Waals surface area (Å²) in [6, 6.07) is 6.88. The summed E-state index contributed by atoms with van der Waals surface area (Å²) in [5.41, 5.74) is 1.41. The van der Waals surface area contributed by atoms with E-state index in [2.05, 4.69) is 36.2 Å². The SMILES string of the molecule is COCOc1cc([C@@]23C=CCCC2N(C)CC3)ccc1OC. The molecule has 0 N–H and O–H groups in total. The molecule has 0 saturated carbocycles. The minimum atomic E-state index is 0.102. The van der Waals surface area contributed by atoms with Crippen LogP contribution in [0, 0.1) is 0 Å². The van der Waals surface area contributed by atoms with Gasteiger partial charge in [-0.05, 0) is 50.6 Å². The molecule has 2 aliphatic rings. The third kappa shape index (κ3) is 2.50. The van der Waals surface area contributed by atoms with E-state index in [-0.39, 0.29) is 12.2 Å². The van der Waals surface area contributed by atoms with E-state index in [9.17, 15) is 0 Å². The number of hydrogen-bond donors (Lipinski definition) is 0. The number of allylic oxidation sites excluding steroid dienone is 1. The van der Waals surface area contributed by atoms with Crippen LogP contribution in [0.5, 0.6) is 11.5 Å². The Kier molecular flexibility index (Phi) is 4.41. The zero-order chi connectivity index (χ0) is 15.6. The number of hydrogen-bond acceptors (Lipinski definition) is 4. The Morgan fingerprint density at radius 2 is 2.14 bits per heavy atom. The van der Waals surface area contributed by atoms with Crippen molar-refractivity contribution >= 4 is 0 Å². The molecule has 0 radical (unpaired) electrons. The quantitative estimate of drug-likeness (QED) is 0.618. The maximum Gasteiger partial charge on any atom is 0.188 e. The Hall–Kier alpha value is -1.52. The van der Waals surface area contributed by atoms with Crippen LogP contribution in [0.4, 0.5) is 0 Å². The Morgan fingerprint density at radius 1 is 1.27 bits per heavy atom. The Morgan fingerprint density at radius 3 is 2.91 bits per heavy atom. The third-order valence-corrected chi connectivity index (χ3v) is 5.06. The van der Waals surface area contributed by atoms with Gasteiger partial charge in [0.15, 0.2) is 18.3 Å². The fraction of sp³-hybridized carbons (Fsp3) is 0.556. The number of likely N-dealkylation sites (N-methyl/N-ethyl adjacent to an activating group) is 1. The first kappa shape index (κ1) is 15.4. The molecule has 1 saturated heterocycles. The molecule has 1 aromatic rings. The van der Waals surface area contributed by atoms with Gasteiger partial charge in [0.2, 0.25) is 0 Å². The Bertz CT molecular complexity index is 557. The Labute approximate surface area is 132 Å². The molecule has 1 unspecified atom stereocenters. The van der Waals surface area contributed by atoms with Crippen LogP contribution >= 0.6 is 0 Å². The van der Waals surface area contributed by atoms with E-state index in [0.29, 0.717) is 6.04 Å². The minimum Gasteiger partial charge on any atom is -0.493 e. The summed E-state index contributed by atoms with van der Waals surface area (Å²) in [7, 11) is 5.53. The zero-order valence-electron chi connectivity index (χ0n) is 13.7. The van der Waals surface area contributed by atoms with Gasteiger partial charge in [0.25, 0.3) is 0 Å². The van der Waals surface area contributed by atoms with Crippen LogP contribution in [-0.4, -0.2) is 45.5 Å². The first-order valence-electron chi connectivity index (χ1n) is 7.89. The highest BCUT2D eigenvalue weighted by Crippen LogP contribution is 2.46. The molecule has 0 aromatic heterocycles. The molecule has 1 heterocycles. The first-order chi connectivity index (χ1) is 10.7. The lowest BCUT2D eigenvalue weighted by Gasteiger charge is -2.38. The van der Waals surface area contributed by atoms with Gasteiger partial charge in [-0.25, -0.2) is 0 Å². The molecule has 22 heavy (non-hydrogen) atoms. The summed E-state index contributed by atoms with van der Waals surface area (Å²) in [5.74, 6) is 1.50. The topological polar surface area (TPSA) is 30.9 Å². The fourth-order valence-corrected chi connectivity index (χ4v) is 3.93. The van der Waals surface area contributed by atoms with Crippen molar-refractivity contribution < 1.29 is 14.2 Å². The summed E-state index contributed by atoms with van der Waals surface area (Å²) >= 11 is 0. The van der Waals surface area contributed by atoms with Gasteiger partial charge in [-0.3, -0.25) is 0 Å². The maximum atomic E-state index is 5.70. The van der Waals surface area contributed by atoms with E-state index in [1.165, 1.54) is 18.4 Å². The smallest absolute Gasteiger partial charge is 0.188 e. The molecule has 120 valence electrons. The molecule has 2 atom stereocenters. The molecule has 1 fully saturated rings. The Balaban J connectivity index is 1.99. The van der Waals surface area contributed by atoms with Crippen LogP contribution in [0.1, 0.15) is 24.8 Å². The predicted molar refractivity (Wildman–Crippen MR) is 86.6 cm³/mol. The van der Waals surface area contributed by atoms with Crippen molar-refractivity contribution in [3.8, 4) is 11.5 Å². The summed E-state index contributed by atoms with van der Waals surface area (Å²) in [6.45, 7) is 1.36. The van der Waals surface area contributed by atoms with Crippen molar-refractivity contribution in [1.29, 1.82) is 0 Å². The first-order valence-corrected chi connectivity index (χ1v) is 7.89. The minimum absolute atomic E-state index is 0.102. The molecule has 1 aliphatic carbocycles. The van der Waals surface area contributed by atoms with E-state index >= 15 is 0 Å². The van der Waals surface area contributed by atoms with Gasteiger partial charge < -0.3 is 19.1 Å². The van der Waals surface area contributed by atoms with Gasteiger partial charge in [0, 0.05) is 18.6 Å². The van der Waals surface area contributed by atoms with Crippen LogP contribution in [0.2, 0.25) is 0 Å². The van der Waals surface area contributed by atoms with E-state index < -0.39 is 0 Å². The van der Waals surface area contributed by atoms with Gasteiger partial charge in [-0.2, -0.15) is 0 Å². The summed E-state index contributed by atoms with van der Waals surface area (Å²) < 4.78 is 16.1. The molecular formula is C18H25NO3. The molecular weight excluding hydrogens is 278 g/mol. The van der Waals surface area contributed by atoms with Crippen LogP contribution in [0.15, 0.2) is 30.4 Å². The molecule has 0 bridgehead atoms. The molecule has 4 heteroatoms. The van der Waals surface area contributed by atoms with Crippen LogP contribution in [0.25, 0.3) is 0 Å². The van der Waals surface area contributed by atoms with E-state index in [1.54, 1.807) is 14.2 Å². The number of rotatable bonds is 5. The summed E-state index contributed by atoms with van der Waals surface area (Å²) in [6.07, 6.45) is 8.27. The van der Waals surface area contributed by atoms with Gasteiger partial charge in [0.1, 0.15) is 0 Å². The van der Waals surface area contributed by atoms with E-state index in [0.717, 1.165) is 24.5 Å². The average molecular weight is 303 g/mol. The van der Waals surface area contributed by atoms with Gasteiger partial charge in [-0.15, -0.1) is 0 Å². The lowest BCUT2D eigenvalue weighted by atomic mass is 9.70. The highest BCUT2D eigenvalue weighted by molar-refractivity contribution is 5.48. The second kappa shape index (κ2) is 6.31. The number of benzene rings is 1. The highest BCUT2D eigenvalue weighted by Gasteiger charge is 2.46. The molecule has 0 amide bonds. The number of methoxy groups -OCH3 is 2. The van der Waals surface area contributed by atoms with Crippen molar-refractivity contribution in [2.45, 2.75) is 30.7 Å². The predicted octanol–water partition coefficient (Wildman–Crippen LogP) is 2.97. The van der Waals surface area contributed by atoms with Crippen molar-refractivity contribution in [3.63, 3.8) is 0 Å². The molecule has 1 aromatic carbocycles. The summed E-state index contributed by atoms with van der Waals surface area (Å²) in [5, 5.41) is 0. The second-order valence-electron chi connectivity index (χ2n) is 6.18. The molecule has 4 nitrogen and oxygen atoms in total. The maximum absolute atomic E-state index is 5.70. The van der Waals surface area contributed by atoms with Crippen LogP contribution in [-0.2, 0) is 10.2 Å². The number of likely N-dealkylation sites (tertiary alicyclic amines) is 1. The van der Waals surface area contributed by atoms with Crippen molar-refractivity contribution in [2.24, 2.45) is 0 Å². The molecule has 1 aliphatic heterocycles. The average Bonchev–Trinajstić information content (AvgIpc) is 2.91. The molecule has 0 spiro atoms. The van der Waals surface area contributed by atoms with E-state index in [1.807, 2.05) is 6.07 Å². The largest absolute Gasteiger partial charge is 0.493 e. The number of fused-ring (bicyclic) bond motifs is 1. The zero-order valence-corrected chi connectivity index (χ0v) is 13.7. The van der Waals surface area contributed by atoms with Crippen LogP contribution < -0.4 is 9.47 Å². The van der Waals surface area contributed by atoms with Gasteiger partial charge in [0.05, 0.1) is 7.11 Å². The fourth-order valence-electron chi connectivity index (χ4n) is 3.93. The number of nitrogens with zero attached hydrogens (tertiary/aromatic N) is 1. The normalized spacial score (nSPS) is 27.7. The highest BCUT2D eigenvalue weighted by atomic mass is 16.7. The third-order valence-electron chi connectivity index (χ3n) is 5.06. The van der Waals surface area contributed by atoms with Crippen molar-refractivity contribution in [1.82, 2.24) is 4.90 Å². The lowest BCUT2D eigenvalue weighted by Crippen LogP contribution is -2.41. The monoisotopic (exact) mass is 303 g/mol. The van der Waals surface area contributed by atoms with Crippen molar-refractivity contribution in [3.05, 3.63) is 35.9 Å². The van der Waals surface area contributed by atoms with Crippen molar-refractivity contribution in [2.75, 3.05) is 34.6 Å². The number of ether oxygens (including phenoxy) is 3.